The molecule has 0 aliphatic heterocycles. The van der Waals surface area contributed by atoms with Gasteiger partial charge in [-0.2, -0.15) is 0 Å². The molecule has 0 saturated carbocycles. The fraction of sp³-hybridized carbons (Fsp3) is 0.208. The van der Waals surface area contributed by atoms with Crippen LogP contribution in [-0.4, -0.2) is 30.5 Å². The van der Waals surface area contributed by atoms with Crippen LogP contribution in [0.1, 0.15) is 36.3 Å². The highest BCUT2D eigenvalue weighted by molar-refractivity contribution is 5.98. The summed E-state index contributed by atoms with van der Waals surface area (Å²) in [6, 6.07) is 13.4. The average molecular weight is 413 g/mol. The van der Waals surface area contributed by atoms with Crippen molar-refractivity contribution in [1.82, 2.24) is 24.7 Å². The summed E-state index contributed by atoms with van der Waals surface area (Å²) in [4.78, 5) is 26.2. The second kappa shape index (κ2) is 7.19. The molecule has 0 N–H and O–H groups in total. The number of aromatic nitrogens is 5. The van der Waals surface area contributed by atoms with E-state index < -0.39 is 0 Å². The largest absolute Gasteiger partial charge is 0.294 e. The predicted molar refractivity (Wildman–Crippen MR) is 114 cm³/mol. The second-order valence-electron chi connectivity index (χ2n) is 8.52. The molecule has 0 atom stereocenters. The van der Waals surface area contributed by atoms with Gasteiger partial charge in [-0.3, -0.25) is 9.78 Å². The molecule has 4 aromatic rings. The summed E-state index contributed by atoms with van der Waals surface area (Å²) in [6.07, 6.45) is 4.56. The Kier molecular flexibility index (Phi) is 4.46. The van der Waals surface area contributed by atoms with E-state index in [9.17, 15) is 9.18 Å². The van der Waals surface area contributed by atoms with Gasteiger partial charge in [0, 0.05) is 29.9 Å². The Labute approximate surface area is 178 Å². The van der Waals surface area contributed by atoms with Crippen molar-refractivity contribution in [1.29, 1.82) is 0 Å². The van der Waals surface area contributed by atoms with Crippen molar-refractivity contribution < 1.29 is 9.18 Å². The SMILES string of the molecule is CC1(C)CC(=O)c2ccc(-c3nc(-c4cccnc4)nn3-c3cccc(F)c3)nc2C1. The number of hydrogen-bond donors (Lipinski definition) is 0. The van der Waals surface area contributed by atoms with Gasteiger partial charge in [0.15, 0.2) is 17.4 Å². The monoisotopic (exact) mass is 413 g/mol. The van der Waals surface area contributed by atoms with E-state index in [1.54, 1.807) is 35.3 Å². The van der Waals surface area contributed by atoms with Crippen LogP contribution in [0.15, 0.2) is 60.9 Å². The third-order valence-electron chi connectivity index (χ3n) is 5.37. The van der Waals surface area contributed by atoms with Gasteiger partial charge in [-0.1, -0.05) is 19.9 Å². The van der Waals surface area contributed by atoms with Crippen molar-refractivity contribution in [2.75, 3.05) is 0 Å². The molecule has 154 valence electrons. The Morgan fingerprint density at radius 3 is 2.68 bits per heavy atom. The second-order valence-corrected chi connectivity index (χ2v) is 8.52. The molecule has 1 aliphatic carbocycles. The first-order valence-corrected chi connectivity index (χ1v) is 10.1. The Balaban J connectivity index is 1.68. The Bertz CT molecular complexity index is 1300. The molecular weight excluding hydrogens is 393 g/mol. The molecule has 0 spiro atoms. The number of rotatable bonds is 3. The van der Waals surface area contributed by atoms with Crippen molar-refractivity contribution in [2.24, 2.45) is 5.41 Å². The van der Waals surface area contributed by atoms with Crippen LogP contribution in [0.4, 0.5) is 4.39 Å². The standard InChI is InChI=1S/C24H20FN5O/c1-24(2)12-20-18(21(31)13-24)8-9-19(27-20)23-28-22(15-5-4-10-26-14-15)29-30(23)17-7-3-6-16(25)11-17/h3-11,14H,12-13H2,1-2H3. The fourth-order valence-electron chi connectivity index (χ4n) is 3.94. The van der Waals surface area contributed by atoms with E-state index in [0.717, 1.165) is 11.3 Å². The molecule has 0 amide bonds. The molecule has 0 fully saturated rings. The summed E-state index contributed by atoms with van der Waals surface area (Å²) >= 11 is 0. The van der Waals surface area contributed by atoms with Crippen molar-refractivity contribution in [2.45, 2.75) is 26.7 Å². The molecule has 6 nitrogen and oxygen atoms in total. The van der Waals surface area contributed by atoms with Gasteiger partial charge in [-0.25, -0.2) is 19.0 Å². The van der Waals surface area contributed by atoms with Crippen molar-refractivity contribution in [3.05, 3.63) is 78.0 Å². The number of hydrogen-bond acceptors (Lipinski definition) is 5. The van der Waals surface area contributed by atoms with Crippen LogP contribution >= 0.6 is 0 Å². The van der Waals surface area contributed by atoms with Gasteiger partial charge in [0.2, 0.25) is 0 Å². The van der Waals surface area contributed by atoms with E-state index >= 15 is 0 Å². The van der Waals surface area contributed by atoms with E-state index in [4.69, 9.17) is 9.97 Å². The summed E-state index contributed by atoms with van der Waals surface area (Å²) in [6.45, 7) is 4.13. The van der Waals surface area contributed by atoms with Crippen molar-refractivity contribution >= 4 is 5.78 Å². The minimum atomic E-state index is -0.368. The van der Waals surface area contributed by atoms with E-state index in [1.807, 2.05) is 18.2 Å². The van der Waals surface area contributed by atoms with Crippen LogP contribution in [-0.2, 0) is 6.42 Å². The number of carbonyl (C=O) groups excluding carboxylic acids is 1. The number of halogens is 1. The molecular formula is C24H20FN5O. The van der Waals surface area contributed by atoms with Crippen LogP contribution in [0, 0.1) is 11.2 Å². The lowest BCUT2D eigenvalue weighted by molar-refractivity contribution is 0.0910. The molecule has 1 aliphatic rings. The number of Topliss-reactive ketones (excluding diaryl/α,β-unsaturated/α-hetero) is 1. The topological polar surface area (TPSA) is 73.6 Å². The minimum absolute atomic E-state index is 0.105. The maximum Gasteiger partial charge on any atom is 0.183 e. The van der Waals surface area contributed by atoms with Crippen LogP contribution in [0.3, 0.4) is 0 Å². The number of fused-ring (bicyclic) bond motifs is 1. The van der Waals surface area contributed by atoms with Crippen LogP contribution in [0.5, 0.6) is 0 Å². The predicted octanol–water partition coefficient (Wildman–Crippen LogP) is 4.69. The molecule has 5 rings (SSSR count). The molecule has 0 bridgehead atoms. The summed E-state index contributed by atoms with van der Waals surface area (Å²) in [5.41, 5.74) is 3.13. The third-order valence-corrected chi connectivity index (χ3v) is 5.37. The molecule has 0 saturated heterocycles. The maximum absolute atomic E-state index is 13.9. The Hall–Kier alpha value is -3.74. The normalized spacial score (nSPS) is 15.0. The molecule has 0 radical (unpaired) electrons. The highest BCUT2D eigenvalue weighted by Crippen LogP contribution is 2.35. The summed E-state index contributed by atoms with van der Waals surface area (Å²) in [5, 5.41) is 4.62. The van der Waals surface area contributed by atoms with Gasteiger partial charge in [0.05, 0.1) is 11.4 Å². The first kappa shape index (κ1) is 19.2. The molecule has 3 aromatic heterocycles. The van der Waals surface area contributed by atoms with Gasteiger partial charge >= 0.3 is 0 Å². The van der Waals surface area contributed by atoms with Gasteiger partial charge < -0.3 is 0 Å². The summed E-state index contributed by atoms with van der Waals surface area (Å²) < 4.78 is 15.5. The molecule has 7 heteroatoms. The van der Waals surface area contributed by atoms with Crippen LogP contribution < -0.4 is 0 Å². The van der Waals surface area contributed by atoms with Gasteiger partial charge in [-0.15, -0.1) is 5.10 Å². The van der Waals surface area contributed by atoms with Crippen LogP contribution in [0.2, 0.25) is 0 Å². The highest BCUT2D eigenvalue weighted by atomic mass is 19.1. The Morgan fingerprint density at radius 1 is 1.03 bits per heavy atom. The highest BCUT2D eigenvalue weighted by Gasteiger charge is 2.32. The fourth-order valence-corrected chi connectivity index (χ4v) is 3.94. The van der Waals surface area contributed by atoms with Gasteiger partial charge in [0.1, 0.15) is 11.5 Å². The van der Waals surface area contributed by atoms with Crippen molar-refractivity contribution in [3.63, 3.8) is 0 Å². The molecule has 0 unspecified atom stereocenters. The van der Waals surface area contributed by atoms with E-state index in [-0.39, 0.29) is 17.0 Å². The quantitative estimate of drug-likeness (QED) is 0.487. The smallest absolute Gasteiger partial charge is 0.183 e. The summed E-state index contributed by atoms with van der Waals surface area (Å²) in [7, 11) is 0. The summed E-state index contributed by atoms with van der Waals surface area (Å²) in [5.74, 6) is 0.673. The van der Waals surface area contributed by atoms with Gasteiger partial charge in [-0.05, 0) is 54.3 Å². The average Bonchev–Trinajstić information content (AvgIpc) is 3.19. The number of ketones is 1. The zero-order valence-electron chi connectivity index (χ0n) is 17.2. The van der Waals surface area contributed by atoms with E-state index in [2.05, 4.69) is 23.9 Å². The number of pyridine rings is 2. The maximum atomic E-state index is 13.9. The number of benzene rings is 1. The number of carbonyl (C=O) groups is 1. The lowest BCUT2D eigenvalue weighted by Gasteiger charge is -2.29. The first-order chi connectivity index (χ1) is 14.9. The van der Waals surface area contributed by atoms with Crippen LogP contribution in [0.25, 0.3) is 28.6 Å². The molecule has 1 aromatic carbocycles. The Morgan fingerprint density at radius 2 is 1.90 bits per heavy atom. The lowest BCUT2D eigenvalue weighted by Crippen LogP contribution is -2.28. The van der Waals surface area contributed by atoms with Gasteiger partial charge in [0.25, 0.3) is 0 Å². The lowest BCUT2D eigenvalue weighted by atomic mass is 9.75. The molecule has 31 heavy (non-hydrogen) atoms. The number of nitrogens with zero attached hydrogens (tertiary/aromatic N) is 5. The molecule has 3 heterocycles. The van der Waals surface area contributed by atoms with E-state index in [0.29, 0.717) is 41.4 Å². The zero-order valence-corrected chi connectivity index (χ0v) is 17.2. The third kappa shape index (κ3) is 3.63. The van der Waals surface area contributed by atoms with Crippen molar-refractivity contribution in [3.8, 4) is 28.6 Å². The zero-order chi connectivity index (χ0) is 21.6. The minimum Gasteiger partial charge on any atom is -0.294 e. The van der Waals surface area contributed by atoms with E-state index in [1.165, 1.54) is 12.1 Å². The first-order valence-electron chi connectivity index (χ1n) is 10.1.